The van der Waals surface area contributed by atoms with Crippen molar-refractivity contribution in [1.82, 2.24) is 9.97 Å². The summed E-state index contributed by atoms with van der Waals surface area (Å²) in [6.45, 7) is 1.87. The zero-order valence-corrected chi connectivity index (χ0v) is 21.3. The van der Waals surface area contributed by atoms with Crippen LogP contribution in [0.25, 0.3) is 21.1 Å². The van der Waals surface area contributed by atoms with Gasteiger partial charge < -0.3 is 9.64 Å². The minimum absolute atomic E-state index is 0.105. The summed E-state index contributed by atoms with van der Waals surface area (Å²) >= 11 is 1.45. The third kappa shape index (κ3) is 5.42. The van der Waals surface area contributed by atoms with Crippen LogP contribution < -0.4 is 15.0 Å². The van der Waals surface area contributed by atoms with Crippen molar-refractivity contribution in [3.05, 3.63) is 90.5 Å². The lowest BCUT2D eigenvalue weighted by atomic mass is 9.90. The summed E-state index contributed by atoms with van der Waals surface area (Å²) in [4.78, 5) is 24.4. The van der Waals surface area contributed by atoms with Gasteiger partial charge in [-0.1, -0.05) is 65.9 Å². The van der Waals surface area contributed by atoms with Crippen LogP contribution in [0.4, 0.5) is 10.9 Å². The van der Waals surface area contributed by atoms with Gasteiger partial charge in [0.15, 0.2) is 11.7 Å². The van der Waals surface area contributed by atoms with Crippen LogP contribution in [0.2, 0.25) is 0 Å². The molecule has 1 amide bonds. The second-order valence-electron chi connectivity index (χ2n) is 9.44. The maximum absolute atomic E-state index is 12.6. The van der Waals surface area contributed by atoms with E-state index in [0.717, 1.165) is 59.3 Å². The Labute approximate surface area is 219 Å². The quantitative estimate of drug-likeness (QED) is 0.279. The Hall–Kier alpha value is -3.97. The maximum Gasteiger partial charge on any atom is 0.264 e. The Bertz CT molecular complexity index is 1490. The van der Waals surface area contributed by atoms with Crippen LogP contribution in [-0.2, 0) is 11.2 Å². The van der Waals surface area contributed by atoms with Gasteiger partial charge in [-0.05, 0) is 61.1 Å². The van der Waals surface area contributed by atoms with Gasteiger partial charge in [0.2, 0.25) is 0 Å². The van der Waals surface area contributed by atoms with Gasteiger partial charge in [-0.2, -0.15) is 0 Å². The number of aromatic nitrogens is 2. The van der Waals surface area contributed by atoms with E-state index in [9.17, 15) is 4.79 Å². The molecule has 0 radical (unpaired) electrons. The number of para-hydroxylation sites is 2. The van der Waals surface area contributed by atoms with Crippen molar-refractivity contribution in [2.45, 2.75) is 19.3 Å². The number of hydrogen-bond donors (Lipinski definition) is 1. The predicted molar refractivity (Wildman–Crippen MR) is 151 cm³/mol. The average molecular weight is 509 g/mol. The summed E-state index contributed by atoms with van der Waals surface area (Å²) in [7, 11) is 0. The highest BCUT2D eigenvalue weighted by Crippen LogP contribution is 2.30. The van der Waals surface area contributed by atoms with E-state index >= 15 is 0 Å². The first-order chi connectivity index (χ1) is 18.2. The van der Waals surface area contributed by atoms with E-state index in [1.165, 1.54) is 16.9 Å². The summed E-state index contributed by atoms with van der Waals surface area (Å²) in [5.74, 6) is 2.03. The van der Waals surface area contributed by atoms with Gasteiger partial charge in [-0.3, -0.25) is 10.1 Å². The molecule has 0 saturated carbocycles. The highest BCUT2D eigenvalue weighted by atomic mass is 32.1. The molecule has 5 aromatic rings. The number of rotatable bonds is 7. The van der Waals surface area contributed by atoms with E-state index in [1.807, 2.05) is 42.5 Å². The molecule has 0 unspecified atom stereocenters. The average Bonchev–Trinajstić information content (AvgIpc) is 3.35. The topological polar surface area (TPSA) is 67.3 Å². The molecule has 1 aliphatic heterocycles. The van der Waals surface area contributed by atoms with Crippen LogP contribution in [0.5, 0.6) is 5.75 Å². The molecule has 186 valence electrons. The van der Waals surface area contributed by atoms with E-state index in [4.69, 9.17) is 9.72 Å². The predicted octanol–water partition coefficient (Wildman–Crippen LogP) is 6.32. The number of fused-ring (bicyclic) bond motifs is 2. The number of thiazole rings is 1. The molecular weight excluding hydrogens is 480 g/mol. The summed E-state index contributed by atoms with van der Waals surface area (Å²) in [6, 6.07) is 28.6. The van der Waals surface area contributed by atoms with E-state index in [0.29, 0.717) is 16.8 Å². The minimum Gasteiger partial charge on any atom is -0.481 e. The number of anilines is 2. The Kier molecular flexibility index (Phi) is 6.69. The number of amides is 1. The molecule has 1 saturated heterocycles. The van der Waals surface area contributed by atoms with Crippen LogP contribution in [-0.4, -0.2) is 35.6 Å². The fraction of sp³-hybridized carbons (Fsp3) is 0.233. The number of nitrogens with one attached hydrogen (secondary N) is 1. The number of benzene rings is 3. The van der Waals surface area contributed by atoms with E-state index in [2.05, 4.69) is 57.7 Å². The third-order valence-electron chi connectivity index (χ3n) is 6.87. The normalized spacial score (nSPS) is 14.2. The van der Waals surface area contributed by atoms with Crippen molar-refractivity contribution in [2.24, 2.45) is 5.92 Å². The second-order valence-corrected chi connectivity index (χ2v) is 10.5. The van der Waals surface area contributed by atoms with E-state index in [1.54, 1.807) is 0 Å². The van der Waals surface area contributed by atoms with Crippen molar-refractivity contribution in [2.75, 3.05) is 29.9 Å². The molecule has 3 heterocycles. The molecule has 0 atom stereocenters. The Morgan fingerprint density at radius 2 is 1.73 bits per heavy atom. The summed E-state index contributed by atoms with van der Waals surface area (Å²) in [5.41, 5.74) is 3.07. The van der Waals surface area contributed by atoms with Crippen molar-refractivity contribution in [1.29, 1.82) is 0 Å². The molecule has 1 aliphatic rings. The number of piperidine rings is 1. The van der Waals surface area contributed by atoms with Gasteiger partial charge in [0.1, 0.15) is 17.1 Å². The number of carbonyl (C=O) groups is 1. The van der Waals surface area contributed by atoms with Gasteiger partial charge in [0.25, 0.3) is 5.91 Å². The number of carbonyl (C=O) groups excluding carboxylic acids is 1. The van der Waals surface area contributed by atoms with Gasteiger partial charge in [-0.15, -0.1) is 0 Å². The first-order valence-electron chi connectivity index (χ1n) is 12.7. The van der Waals surface area contributed by atoms with Gasteiger partial charge in [0, 0.05) is 18.5 Å². The van der Waals surface area contributed by atoms with Crippen LogP contribution in [0.15, 0.2) is 84.9 Å². The van der Waals surface area contributed by atoms with Gasteiger partial charge in [0.05, 0.1) is 10.2 Å². The molecule has 2 aromatic heterocycles. The summed E-state index contributed by atoms with van der Waals surface area (Å²) in [5, 5.41) is 4.41. The minimum atomic E-state index is -0.243. The molecule has 1 fully saturated rings. The Balaban J connectivity index is 1.10. The molecule has 3 aromatic carbocycles. The van der Waals surface area contributed by atoms with Crippen LogP contribution in [0.1, 0.15) is 18.4 Å². The monoisotopic (exact) mass is 508 g/mol. The first kappa shape index (κ1) is 23.4. The highest BCUT2D eigenvalue weighted by Gasteiger charge is 2.21. The molecule has 6 rings (SSSR count). The molecular formula is C30H28N4O2S. The largest absolute Gasteiger partial charge is 0.481 e. The second kappa shape index (κ2) is 10.6. The van der Waals surface area contributed by atoms with Crippen molar-refractivity contribution < 1.29 is 9.53 Å². The van der Waals surface area contributed by atoms with E-state index < -0.39 is 0 Å². The SMILES string of the molecule is O=C(COc1cccc2ccc(N3CCC(Cc4ccccc4)CC3)nc12)Nc1nc2ccccc2s1. The number of nitrogens with zero attached hydrogens (tertiary/aromatic N) is 3. The standard InChI is InChI=1S/C30H28N4O2S/c35-28(33-30-31-24-10-4-5-12-26(24)37-30)20-36-25-11-6-9-23-13-14-27(32-29(23)25)34-17-15-22(16-18-34)19-21-7-2-1-3-8-21/h1-14,22H,15-20H2,(H,31,33,35). The zero-order chi connectivity index (χ0) is 25.0. The zero-order valence-electron chi connectivity index (χ0n) is 20.5. The molecule has 1 N–H and O–H groups in total. The molecule has 0 bridgehead atoms. The van der Waals surface area contributed by atoms with Crippen LogP contribution in [0.3, 0.4) is 0 Å². The summed E-state index contributed by atoms with van der Waals surface area (Å²) < 4.78 is 6.97. The Morgan fingerprint density at radius 1 is 0.919 bits per heavy atom. The molecule has 37 heavy (non-hydrogen) atoms. The van der Waals surface area contributed by atoms with Crippen LogP contribution in [0, 0.1) is 5.92 Å². The molecule has 0 aliphatic carbocycles. The lowest BCUT2D eigenvalue weighted by Crippen LogP contribution is -2.34. The summed E-state index contributed by atoms with van der Waals surface area (Å²) in [6.07, 6.45) is 3.44. The number of hydrogen-bond acceptors (Lipinski definition) is 6. The fourth-order valence-corrected chi connectivity index (χ4v) is 5.82. The smallest absolute Gasteiger partial charge is 0.264 e. The van der Waals surface area contributed by atoms with Gasteiger partial charge in [-0.25, -0.2) is 9.97 Å². The van der Waals surface area contributed by atoms with Crippen molar-refractivity contribution in [3.8, 4) is 5.75 Å². The van der Waals surface area contributed by atoms with Crippen LogP contribution >= 0.6 is 11.3 Å². The van der Waals surface area contributed by atoms with E-state index in [-0.39, 0.29) is 12.5 Å². The molecule has 6 nitrogen and oxygen atoms in total. The first-order valence-corrected chi connectivity index (χ1v) is 13.5. The highest BCUT2D eigenvalue weighted by molar-refractivity contribution is 7.22. The number of ether oxygens (including phenoxy) is 1. The number of pyridine rings is 1. The fourth-order valence-electron chi connectivity index (χ4n) is 4.94. The maximum atomic E-state index is 12.6. The lowest BCUT2D eigenvalue weighted by Gasteiger charge is -2.33. The lowest BCUT2D eigenvalue weighted by molar-refractivity contribution is -0.118. The van der Waals surface area contributed by atoms with Crippen molar-refractivity contribution in [3.63, 3.8) is 0 Å². The van der Waals surface area contributed by atoms with Gasteiger partial charge >= 0.3 is 0 Å². The third-order valence-corrected chi connectivity index (χ3v) is 7.83. The molecule has 7 heteroatoms. The Morgan fingerprint density at radius 3 is 2.57 bits per heavy atom. The van der Waals surface area contributed by atoms with Crippen molar-refractivity contribution >= 4 is 49.3 Å². The molecule has 0 spiro atoms.